The van der Waals surface area contributed by atoms with E-state index >= 15 is 0 Å². The van der Waals surface area contributed by atoms with Crippen LogP contribution in [0.25, 0.3) is 190 Å². The molecule has 0 saturated heterocycles. The summed E-state index contributed by atoms with van der Waals surface area (Å²) in [6.45, 7) is 14.2. The number of thiophene rings is 1. The fraction of sp³-hybridized carbons (Fsp3) is 0.0769. The van der Waals surface area contributed by atoms with E-state index in [-0.39, 0.29) is 16.2 Å². The van der Waals surface area contributed by atoms with Gasteiger partial charge in [0.2, 0.25) is 0 Å². The molecule has 5 heterocycles. The van der Waals surface area contributed by atoms with Crippen LogP contribution in [0.1, 0.15) is 74.9 Å². The molecule has 0 fully saturated rings. The molecule has 3 aliphatic carbocycles. The minimum atomic E-state index is -0.0750. The maximum Gasteiger partial charge on any atom is 0.135 e. The van der Waals surface area contributed by atoms with Crippen molar-refractivity contribution in [2.75, 3.05) is 4.90 Å². The first kappa shape index (κ1) is 71.1. The maximum atomic E-state index is 6.16. The van der Waals surface area contributed by atoms with Gasteiger partial charge >= 0.3 is 0 Å². The van der Waals surface area contributed by atoms with Crippen LogP contribution < -0.4 is 4.90 Å². The Bertz CT molecular complexity index is 8230. The highest BCUT2D eigenvalue weighted by molar-refractivity contribution is 7.25. The number of anilines is 3. The number of aromatic nitrogens is 3. The highest BCUT2D eigenvalue weighted by Gasteiger charge is 2.39. The highest BCUT2D eigenvalue weighted by atomic mass is 32.1. The summed E-state index contributed by atoms with van der Waals surface area (Å²) >= 11 is 1.87. The van der Waals surface area contributed by atoms with Crippen molar-refractivity contribution in [2.24, 2.45) is 0 Å². The molecule has 6 heteroatoms. The molecule has 0 N–H and O–H groups in total. The van der Waals surface area contributed by atoms with E-state index in [0.29, 0.717) is 0 Å². The third kappa shape index (κ3) is 10.3. The van der Waals surface area contributed by atoms with Gasteiger partial charge in [0, 0.05) is 130 Å². The average molecular weight is 1590 g/mol. The zero-order chi connectivity index (χ0) is 81.9. The van der Waals surface area contributed by atoms with Crippen LogP contribution in [0.5, 0.6) is 0 Å². The number of hydrogen-bond donors (Lipinski definition) is 0. The van der Waals surface area contributed by atoms with E-state index in [1.165, 1.54) is 190 Å². The first-order chi connectivity index (χ1) is 60.3. The molecular weight excluding hydrogens is 1510 g/mol. The van der Waals surface area contributed by atoms with Gasteiger partial charge in [0.25, 0.3) is 0 Å². The second-order valence-electron chi connectivity index (χ2n) is 35.3. The van der Waals surface area contributed by atoms with E-state index in [4.69, 9.17) is 4.42 Å². The van der Waals surface area contributed by atoms with Gasteiger partial charge in [0.05, 0.1) is 33.1 Å². The molecule has 0 bridgehead atoms. The van der Waals surface area contributed by atoms with Crippen LogP contribution in [0.15, 0.2) is 393 Å². The summed E-state index contributed by atoms with van der Waals surface area (Å²) in [7, 11) is 0. The summed E-state index contributed by atoms with van der Waals surface area (Å²) in [6, 6.07) is 142. The molecule has 0 atom stereocenters. The minimum absolute atomic E-state index is 0.0554. The predicted molar refractivity (Wildman–Crippen MR) is 522 cm³/mol. The Kier molecular flexibility index (Phi) is 15.4. The Morgan fingerprint density at radius 1 is 0.228 bits per heavy atom. The van der Waals surface area contributed by atoms with Gasteiger partial charge < -0.3 is 23.0 Å². The van der Waals surface area contributed by atoms with E-state index in [2.05, 4.69) is 436 Å². The zero-order valence-electron chi connectivity index (χ0n) is 69.1. The first-order valence-corrected chi connectivity index (χ1v) is 43.8. The Hall–Kier alpha value is -14.8. The van der Waals surface area contributed by atoms with E-state index < -0.39 is 0 Å². The Morgan fingerprint density at radius 3 is 1.02 bits per heavy atom. The van der Waals surface area contributed by atoms with Gasteiger partial charge in [-0.3, -0.25) is 0 Å². The minimum Gasteiger partial charge on any atom is -0.456 e. The fourth-order valence-corrected chi connectivity index (χ4v) is 23.2. The lowest BCUT2D eigenvalue weighted by atomic mass is 9.68. The monoisotopic (exact) mass is 1590 g/mol. The van der Waals surface area contributed by atoms with Crippen molar-refractivity contribution in [3.05, 3.63) is 422 Å². The van der Waals surface area contributed by atoms with Crippen LogP contribution in [-0.4, -0.2) is 13.7 Å². The van der Waals surface area contributed by atoms with Crippen molar-refractivity contribution >= 4 is 168 Å². The molecule has 123 heavy (non-hydrogen) atoms. The number of furan rings is 1. The van der Waals surface area contributed by atoms with E-state index in [1.807, 2.05) is 23.5 Å². The van der Waals surface area contributed by atoms with Crippen molar-refractivity contribution in [2.45, 2.75) is 57.8 Å². The summed E-state index contributed by atoms with van der Waals surface area (Å²) < 4.78 is 16.2. The number of benzene rings is 19. The number of hydrogen-bond acceptors (Lipinski definition) is 3. The van der Waals surface area contributed by atoms with Crippen molar-refractivity contribution in [1.82, 2.24) is 13.7 Å². The summed E-state index contributed by atoms with van der Waals surface area (Å²) in [5.74, 6) is 0. The molecule has 0 amide bonds. The van der Waals surface area contributed by atoms with Crippen LogP contribution in [-0.2, 0) is 16.2 Å². The average Bonchev–Trinajstić information content (AvgIpc) is 1.67. The fourth-order valence-electron chi connectivity index (χ4n) is 22.1. The van der Waals surface area contributed by atoms with Crippen molar-refractivity contribution in [3.8, 4) is 50.4 Å². The van der Waals surface area contributed by atoms with Gasteiger partial charge in [-0.2, -0.15) is 0 Å². The summed E-state index contributed by atoms with van der Waals surface area (Å²) in [6.07, 6.45) is 0. The van der Waals surface area contributed by atoms with Gasteiger partial charge in [-0.1, -0.05) is 296 Å². The van der Waals surface area contributed by atoms with Crippen molar-refractivity contribution in [3.63, 3.8) is 0 Å². The molecule has 582 valence electrons. The van der Waals surface area contributed by atoms with Gasteiger partial charge in [-0.05, 0) is 216 Å². The normalized spacial score (nSPS) is 13.8. The van der Waals surface area contributed by atoms with E-state index in [1.54, 1.807) is 0 Å². The zero-order valence-corrected chi connectivity index (χ0v) is 69.9. The van der Waals surface area contributed by atoms with Gasteiger partial charge in [-0.15, -0.1) is 11.3 Å². The molecular formula is C117H82N4OS. The van der Waals surface area contributed by atoms with Crippen LogP contribution in [0.4, 0.5) is 17.1 Å². The van der Waals surface area contributed by atoms with Gasteiger partial charge in [0.1, 0.15) is 11.2 Å². The Balaban J connectivity index is 0.000000102. The van der Waals surface area contributed by atoms with Gasteiger partial charge in [-0.25, -0.2) is 0 Å². The first-order valence-electron chi connectivity index (χ1n) is 43.0. The molecule has 0 unspecified atom stereocenters. The molecule has 19 aromatic carbocycles. The van der Waals surface area contributed by atoms with Crippen LogP contribution in [0, 0.1) is 0 Å². The van der Waals surface area contributed by atoms with Gasteiger partial charge in [0.15, 0.2) is 0 Å². The maximum absolute atomic E-state index is 6.16. The third-order valence-electron chi connectivity index (χ3n) is 27.7. The number of nitrogens with zero attached hydrogens (tertiary/aromatic N) is 4. The summed E-state index contributed by atoms with van der Waals surface area (Å²) in [4.78, 5) is 2.31. The van der Waals surface area contributed by atoms with Crippen molar-refractivity contribution in [1.29, 1.82) is 0 Å². The SMILES string of the molecule is CC1(C)c2ccccc2-c2c3c1cccc3cc1c2c2ccccc2n1-c1ccc(N(c2ccccc2)c2ccccc2)cc1.CC1(C)c2ccccc2-c2c3c1cccc3cc1c2c2ccccc2n1-c1ccc2oc3ccccc3c2c1.CC1(C)c2ccccc2-c2c3c1cccc3cc1c2c2ccccc2n1-c1ccc2sc3ccccc3c2c1. The standard InChI is InChI=1S/C43H32N2.C37H25NO.C37H25NS/c1-43(2)36-21-11-9-19-34(36)42-40-29(14-13-22-37(40)43)28-39-41(42)35-20-10-12-23-38(35)45(39)33-26-24-32(25-27-33)44(30-15-5-3-6-16-30)31-17-7-4-8-18-31;2*1-37(2)28-14-6-3-12-25(28)36-34-22(10-9-15-29(34)37)20-31-35(36)26-13-4-7-16-30(26)38(31)23-18-19-33-27(21-23)24-11-5-8-17-32(24)39-33/h3-28H,1-2H3;2*3-21H,1-2H3. The predicted octanol–water partition coefficient (Wildman–Crippen LogP) is 32.5. The van der Waals surface area contributed by atoms with Crippen LogP contribution >= 0.6 is 11.3 Å². The Morgan fingerprint density at radius 2 is 0.561 bits per heavy atom. The van der Waals surface area contributed by atoms with Crippen LogP contribution in [0.3, 0.4) is 0 Å². The quantitative estimate of drug-likeness (QED) is 0.166. The molecule has 0 aliphatic heterocycles. The molecule has 24 aromatic rings. The molecule has 0 radical (unpaired) electrons. The van der Waals surface area contributed by atoms with Crippen molar-refractivity contribution < 1.29 is 4.42 Å². The summed E-state index contributed by atoms with van der Waals surface area (Å²) in [5.41, 5.74) is 32.5. The second-order valence-corrected chi connectivity index (χ2v) is 36.4. The number of rotatable bonds is 6. The molecule has 0 saturated carbocycles. The molecule has 5 nitrogen and oxygen atoms in total. The smallest absolute Gasteiger partial charge is 0.135 e. The summed E-state index contributed by atoms with van der Waals surface area (Å²) in [5, 5.41) is 20.9. The second kappa shape index (κ2) is 26.6. The highest BCUT2D eigenvalue weighted by Crippen LogP contribution is 2.58. The molecule has 0 spiro atoms. The lowest BCUT2D eigenvalue weighted by Gasteiger charge is -2.35. The molecule has 3 aliphatic rings. The lowest BCUT2D eigenvalue weighted by Crippen LogP contribution is -2.23. The number of fused-ring (bicyclic) bond motifs is 24. The largest absolute Gasteiger partial charge is 0.456 e. The van der Waals surface area contributed by atoms with Crippen LogP contribution in [0.2, 0.25) is 0 Å². The topological polar surface area (TPSA) is 31.2 Å². The molecule has 5 aromatic heterocycles. The van der Waals surface area contributed by atoms with E-state index in [9.17, 15) is 0 Å². The van der Waals surface area contributed by atoms with E-state index in [0.717, 1.165) is 50.4 Å². The lowest BCUT2D eigenvalue weighted by molar-refractivity contribution is 0.645. The number of para-hydroxylation sites is 6. The Labute approximate surface area is 716 Å². The molecule has 27 rings (SSSR count). The third-order valence-corrected chi connectivity index (χ3v) is 28.8.